The molecule has 1 aromatic carbocycles. The number of carbonyl (C=O) groups is 2. The second-order valence-electron chi connectivity index (χ2n) is 6.32. The van der Waals surface area contributed by atoms with Crippen LogP contribution >= 0.6 is 23.2 Å². The highest BCUT2D eigenvalue weighted by Gasteiger charge is 2.34. The van der Waals surface area contributed by atoms with Crippen LogP contribution in [-0.2, 0) is 4.74 Å². The highest BCUT2D eigenvalue weighted by atomic mass is 35.5. The highest BCUT2D eigenvalue weighted by Crippen LogP contribution is 2.43. The molecule has 0 atom stereocenters. The van der Waals surface area contributed by atoms with Crippen molar-refractivity contribution in [1.29, 1.82) is 0 Å². The van der Waals surface area contributed by atoms with Crippen LogP contribution in [0.3, 0.4) is 0 Å². The van der Waals surface area contributed by atoms with E-state index in [0.717, 1.165) is 12.8 Å². The zero-order valence-electron chi connectivity index (χ0n) is 15.1. The Labute approximate surface area is 167 Å². The summed E-state index contributed by atoms with van der Waals surface area (Å²) in [7, 11) is 0. The molecule has 1 fully saturated rings. The van der Waals surface area contributed by atoms with E-state index in [-0.39, 0.29) is 46.1 Å². The van der Waals surface area contributed by atoms with Crippen molar-refractivity contribution in [2.24, 2.45) is 0 Å². The first-order chi connectivity index (χ1) is 13.0. The van der Waals surface area contributed by atoms with Gasteiger partial charge in [-0.05, 0) is 38.3 Å². The number of ether oxygens (including phenoxy) is 1. The molecule has 3 rings (SSSR count). The Hall–Kier alpha value is -2.05. The van der Waals surface area contributed by atoms with Gasteiger partial charge in [-0.2, -0.15) is 0 Å². The maximum absolute atomic E-state index is 13.2. The van der Waals surface area contributed by atoms with Gasteiger partial charge in [0.25, 0.3) is 0 Å². The lowest BCUT2D eigenvalue weighted by molar-refractivity contribution is 0.103. The summed E-state index contributed by atoms with van der Waals surface area (Å²) in [6.07, 6.45) is 3.45. The van der Waals surface area contributed by atoms with Gasteiger partial charge in [0.15, 0.2) is 11.5 Å². The molecule has 1 aromatic heterocycles. The van der Waals surface area contributed by atoms with Gasteiger partial charge in [-0.1, -0.05) is 35.3 Å². The molecule has 0 saturated heterocycles. The number of benzene rings is 1. The van der Waals surface area contributed by atoms with Crippen LogP contribution in [0.15, 0.2) is 22.9 Å². The summed E-state index contributed by atoms with van der Waals surface area (Å²) in [5, 5.41) is 4.16. The van der Waals surface area contributed by atoms with Crippen molar-refractivity contribution in [3.63, 3.8) is 0 Å². The van der Waals surface area contributed by atoms with Gasteiger partial charge in [-0.15, -0.1) is 0 Å². The van der Waals surface area contributed by atoms with Crippen molar-refractivity contribution in [2.45, 2.75) is 39.0 Å². The van der Waals surface area contributed by atoms with Crippen molar-refractivity contribution >= 4 is 40.8 Å². The number of rotatable bonds is 7. The number of anilines is 1. The molecule has 1 aliphatic rings. The van der Waals surface area contributed by atoms with Crippen molar-refractivity contribution in [2.75, 3.05) is 18.1 Å². The lowest BCUT2D eigenvalue weighted by atomic mass is 10.00. The van der Waals surface area contributed by atoms with Crippen molar-refractivity contribution in [3.8, 4) is 0 Å². The van der Waals surface area contributed by atoms with E-state index in [1.165, 1.54) is 17.2 Å². The van der Waals surface area contributed by atoms with E-state index < -0.39 is 6.09 Å². The van der Waals surface area contributed by atoms with Crippen LogP contribution in [0, 0.1) is 0 Å². The predicted molar refractivity (Wildman–Crippen MR) is 103 cm³/mol. The van der Waals surface area contributed by atoms with Crippen LogP contribution in [-0.4, -0.2) is 30.2 Å². The Balaban J connectivity index is 2.05. The molecule has 0 unspecified atom stereocenters. The number of amides is 1. The highest BCUT2D eigenvalue weighted by molar-refractivity contribution is 6.44. The summed E-state index contributed by atoms with van der Waals surface area (Å²) in [4.78, 5) is 27.0. The zero-order chi connectivity index (χ0) is 19.6. The van der Waals surface area contributed by atoms with E-state index in [4.69, 9.17) is 32.5 Å². The fourth-order valence-corrected chi connectivity index (χ4v) is 3.26. The van der Waals surface area contributed by atoms with Gasteiger partial charge in [-0.25, -0.2) is 4.79 Å². The maximum atomic E-state index is 13.2. The van der Waals surface area contributed by atoms with Crippen molar-refractivity contribution in [1.82, 2.24) is 5.16 Å². The number of halogens is 2. The van der Waals surface area contributed by atoms with Gasteiger partial charge in [0.2, 0.25) is 0 Å². The molecule has 0 N–H and O–H groups in total. The zero-order valence-corrected chi connectivity index (χ0v) is 16.6. The summed E-state index contributed by atoms with van der Waals surface area (Å²) in [6.45, 7) is 4.21. The van der Waals surface area contributed by atoms with E-state index in [2.05, 4.69) is 5.16 Å². The SMILES string of the molecule is CCCOC(=O)N(CC)c1c(C(=O)c2cnoc2C2CC2)ccc(Cl)c1Cl. The summed E-state index contributed by atoms with van der Waals surface area (Å²) in [5.74, 6) is 0.483. The maximum Gasteiger partial charge on any atom is 0.414 e. The van der Waals surface area contributed by atoms with Crippen molar-refractivity contribution in [3.05, 3.63) is 45.3 Å². The van der Waals surface area contributed by atoms with E-state index in [1.54, 1.807) is 13.0 Å². The monoisotopic (exact) mass is 410 g/mol. The van der Waals surface area contributed by atoms with Gasteiger partial charge in [-0.3, -0.25) is 9.69 Å². The van der Waals surface area contributed by atoms with Gasteiger partial charge in [0, 0.05) is 18.0 Å². The van der Waals surface area contributed by atoms with Crippen LogP contribution in [0.5, 0.6) is 0 Å². The summed E-state index contributed by atoms with van der Waals surface area (Å²) in [5.41, 5.74) is 0.876. The molecule has 0 aliphatic heterocycles. The minimum atomic E-state index is -0.578. The molecule has 144 valence electrons. The Kier molecular flexibility index (Phi) is 6.07. The van der Waals surface area contributed by atoms with E-state index >= 15 is 0 Å². The minimum absolute atomic E-state index is 0.127. The summed E-state index contributed by atoms with van der Waals surface area (Å²) < 4.78 is 10.5. The number of carbonyl (C=O) groups excluding carboxylic acids is 2. The first-order valence-electron chi connectivity index (χ1n) is 8.91. The molecule has 27 heavy (non-hydrogen) atoms. The molecular weight excluding hydrogens is 391 g/mol. The van der Waals surface area contributed by atoms with Crippen LogP contribution < -0.4 is 4.90 Å². The Morgan fingerprint density at radius 2 is 2.00 bits per heavy atom. The second-order valence-corrected chi connectivity index (χ2v) is 7.11. The normalized spacial score (nSPS) is 13.5. The van der Waals surface area contributed by atoms with Crippen LogP contribution in [0.2, 0.25) is 10.0 Å². The number of aromatic nitrogens is 1. The second kappa shape index (κ2) is 8.31. The third-order valence-corrected chi connectivity index (χ3v) is 5.14. The largest absolute Gasteiger partial charge is 0.449 e. The Morgan fingerprint density at radius 3 is 2.63 bits per heavy atom. The molecule has 6 nitrogen and oxygen atoms in total. The number of ketones is 1. The molecule has 2 aromatic rings. The standard InChI is InChI=1S/C19H20Cl2N2O4/c1-3-9-26-19(25)23(4-2)16-12(7-8-14(20)15(16)21)17(24)13-10-22-27-18(13)11-5-6-11/h7-8,10-11H,3-6,9H2,1-2H3. The van der Waals surface area contributed by atoms with E-state index in [1.807, 2.05) is 6.92 Å². The van der Waals surface area contributed by atoms with Gasteiger partial charge in [0.05, 0.1) is 34.1 Å². The number of nitrogens with zero attached hydrogens (tertiary/aromatic N) is 2. The lowest BCUT2D eigenvalue weighted by Gasteiger charge is -2.24. The van der Waals surface area contributed by atoms with Crippen LogP contribution in [0.25, 0.3) is 0 Å². The number of hydrogen-bond donors (Lipinski definition) is 0. The van der Waals surface area contributed by atoms with E-state index in [9.17, 15) is 9.59 Å². The first kappa shape index (κ1) is 19.7. The molecule has 0 bridgehead atoms. The molecule has 1 saturated carbocycles. The third-order valence-electron chi connectivity index (χ3n) is 4.34. The van der Waals surface area contributed by atoms with Gasteiger partial charge < -0.3 is 9.26 Å². The summed E-state index contributed by atoms with van der Waals surface area (Å²) in [6, 6.07) is 3.10. The smallest absolute Gasteiger partial charge is 0.414 e. The molecule has 1 aliphatic carbocycles. The summed E-state index contributed by atoms with van der Waals surface area (Å²) >= 11 is 12.6. The molecule has 0 spiro atoms. The molecule has 8 heteroatoms. The van der Waals surface area contributed by atoms with Crippen molar-refractivity contribution < 1.29 is 18.8 Å². The molecular formula is C19H20Cl2N2O4. The average Bonchev–Trinajstić information content (AvgIpc) is 3.40. The van der Waals surface area contributed by atoms with Crippen LogP contribution in [0.4, 0.5) is 10.5 Å². The molecule has 0 radical (unpaired) electrons. The first-order valence-corrected chi connectivity index (χ1v) is 9.66. The minimum Gasteiger partial charge on any atom is -0.449 e. The molecule has 1 heterocycles. The fraction of sp³-hybridized carbons (Fsp3) is 0.421. The fourth-order valence-electron chi connectivity index (χ4n) is 2.84. The topological polar surface area (TPSA) is 72.6 Å². The van der Waals surface area contributed by atoms with Crippen LogP contribution in [0.1, 0.15) is 60.7 Å². The quantitative estimate of drug-likeness (QED) is 0.566. The molecule has 1 amide bonds. The van der Waals surface area contributed by atoms with Gasteiger partial charge in [0.1, 0.15) is 0 Å². The van der Waals surface area contributed by atoms with Gasteiger partial charge >= 0.3 is 6.09 Å². The average molecular weight is 411 g/mol. The lowest BCUT2D eigenvalue weighted by Crippen LogP contribution is -2.33. The van der Waals surface area contributed by atoms with E-state index in [0.29, 0.717) is 17.7 Å². The third kappa shape index (κ3) is 3.96. The predicted octanol–water partition coefficient (Wildman–Crippen LogP) is 5.46. The Bertz CT molecular complexity index is 861. The number of hydrogen-bond acceptors (Lipinski definition) is 5. The Morgan fingerprint density at radius 1 is 1.26 bits per heavy atom.